The molecule has 4 N–H and O–H groups in total. The van der Waals surface area contributed by atoms with Crippen LogP contribution in [0.25, 0.3) is 10.9 Å². The van der Waals surface area contributed by atoms with Crippen molar-refractivity contribution < 1.29 is 13.9 Å². The van der Waals surface area contributed by atoms with Crippen LogP contribution in [0.4, 0.5) is 16.2 Å². The second kappa shape index (κ2) is 7.90. The van der Waals surface area contributed by atoms with E-state index in [0.717, 1.165) is 12.8 Å². The van der Waals surface area contributed by atoms with Crippen molar-refractivity contribution in [3.8, 4) is 5.75 Å². The van der Waals surface area contributed by atoms with Crippen LogP contribution in [0.15, 0.2) is 42.5 Å². The summed E-state index contributed by atoms with van der Waals surface area (Å²) in [7, 11) is 0. The highest BCUT2D eigenvalue weighted by Gasteiger charge is 2.24. The first-order valence-electron chi connectivity index (χ1n) is 9.50. The van der Waals surface area contributed by atoms with Crippen LogP contribution < -0.4 is 16.2 Å². The fourth-order valence-corrected chi connectivity index (χ4v) is 3.60. The molecule has 0 spiro atoms. The number of hydrogen-bond donors (Lipinski definition) is 2. The summed E-state index contributed by atoms with van der Waals surface area (Å²) in [5, 5.41) is 0.658. The van der Waals surface area contributed by atoms with Crippen molar-refractivity contribution in [1.29, 1.82) is 0 Å². The van der Waals surface area contributed by atoms with Crippen molar-refractivity contribution in [1.82, 2.24) is 14.9 Å². The molecule has 1 aliphatic rings. The van der Waals surface area contributed by atoms with E-state index in [1.54, 1.807) is 4.90 Å². The van der Waals surface area contributed by atoms with Gasteiger partial charge in [-0.15, -0.1) is 0 Å². The van der Waals surface area contributed by atoms with Crippen LogP contribution in [0.2, 0.25) is 0 Å². The second-order valence-corrected chi connectivity index (χ2v) is 7.17. The number of nitrogens with two attached hydrogens (primary N) is 2. The Morgan fingerprint density at radius 1 is 1.10 bits per heavy atom. The Morgan fingerprint density at radius 3 is 2.55 bits per heavy atom. The molecule has 1 aliphatic heterocycles. The maximum absolute atomic E-state index is 13.0. The van der Waals surface area contributed by atoms with Crippen LogP contribution in [-0.2, 0) is 0 Å². The highest BCUT2D eigenvalue weighted by atomic mass is 19.1. The highest BCUT2D eigenvalue weighted by molar-refractivity contribution is 5.95. The van der Waals surface area contributed by atoms with E-state index in [2.05, 4.69) is 9.97 Å². The average molecular weight is 395 g/mol. The summed E-state index contributed by atoms with van der Waals surface area (Å²) < 4.78 is 19.1. The van der Waals surface area contributed by atoms with Gasteiger partial charge in [-0.3, -0.25) is 4.79 Å². The molecule has 0 aliphatic carbocycles. The number of halogens is 1. The van der Waals surface area contributed by atoms with E-state index in [0.29, 0.717) is 53.6 Å². The lowest BCUT2D eigenvalue weighted by atomic mass is 9.97. The Kier molecular flexibility index (Phi) is 5.16. The predicted octanol–water partition coefficient (Wildman–Crippen LogP) is 2.86. The van der Waals surface area contributed by atoms with E-state index in [9.17, 15) is 9.18 Å². The predicted molar refractivity (Wildman–Crippen MR) is 109 cm³/mol. The molecule has 8 heteroatoms. The molecule has 1 aromatic heterocycles. The number of nitrogen functional groups attached to an aromatic ring is 2. The third-order valence-electron chi connectivity index (χ3n) is 5.20. The summed E-state index contributed by atoms with van der Waals surface area (Å²) in [6.07, 6.45) is 1.66. The number of hydrogen-bond acceptors (Lipinski definition) is 6. The van der Waals surface area contributed by atoms with Crippen LogP contribution in [0.3, 0.4) is 0 Å². The molecule has 0 saturated carbocycles. The smallest absolute Gasteiger partial charge is 0.253 e. The summed E-state index contributed by atoms with van der Waals surface area (Å²) in [5.41, 5.74) is 12.8. The van der Waals surface area contributed by atoms with E-state index >= 15 is 0 Å². The Balaban J connectivity index is 1.37. The first kappa shape index (κ1) is 18.9. The molecule has 1 amide bonds. The number of rotatable bonds is 4. The molecule has 2 aromatic carbocycles. The van der Waals surface area contributed by atoms with Gasteiger partial charge in [0.05, 0.1) is 17.5 Å². The van der Waals surface area contributed by atoms with Gasteiger partial charge in [0.2, 0.25) is 5.95 Å². The van der Waals surface area contributed by atoms with E-state index < -0.39 is 0 Å². The minimum Gasteiger partial charge on any atom is -0.492 e. The van der Waals surface area contributed by atoms with Crippen LogP contribution in [0, 0.1) is 11.7 Å². The highest BCUT2D eigenvalue weighted by Crippen LogP contribution is 2.30. The zero-order chi connectivity index (χ0) is 20.4. The van der Waals surface area contributed by atoms with Gasteiger partial charge < -0.3 is 21.1 Å². The number of benzene rings is 2. The summed E-state index contributed by atoms with van der Waals surface area (Å²) in [6, 6.07) is 11.1. The van der Waals surface area contributed by atoms with Crippen molar-refractivity contribution in [2.45, 2.75) is 12.8 Å². The van der Waals surface area contributed by atoms with Crippen molar-refractivity contribution in [2.24, 2.45) is 5.92 Å². The topological polar surface area (TPSA) is 107 Å². The number of ether oxygens (including phenoxy) is 1. The molecule has 1 saturated heterocycles. The first-order chi connectivity index (χ1) is 14.0. The van der Waals surface area contributed by atoms with Crippen molar-refractivity contribution in [3.05, 3.63) is 53.8 Å². The molecule has 7 nitrogen and oxygen atoms in total. The lowest BCUT2D eigenvalue weighted by Gasteiger charge is -2.32. The molecule has 0 unspecified atom stereocenters. The first-order valence-corrected chi connectivity index (χ1v) is 9.50. The lowest BCUT2D eigenvalue weighted by molar-refractivity contribution is 0.0661. The molecule has 0 radical (unpaired) electrons. The zero-order valence-electron chi connectivity index (χ0n) is 15.8. The fraction of sp³-hybridized carbons (Fsp3) is 0.286. The van der Waals surface area contributed by atoms with Gasteiger partial charge in [0.15, 0.2) is 0 Å². The maximum atomic E-state index is 13.0. The summed E-state index contributed by atoms with van der Waals surface area (Å²) in [5.74, 6) is 0.955. The third kappa shape index (κ3) is 4.06. The standard InChI is InChI=1S/C21H22FN5O2/c22-15-6-4-14(5-7-15)20(28)27-10-8-13(9-11-27)12-29-17-3-1-2-16-18(17)19(23)26-21(24)25-16/h1-7,13H,8-12H2,(H4,23,24,25,26). The molecular formula is C21H22FN5O2. The number of piperidine rings is 1. The van der Waals surface area contributed by atoms with Gasteiger partial charge in [-0.05, 0) is 55.2 Å². The van der Waals surface area contributed by atoms with Gasteiger partial charge in [-0.25, -0.2) is 9.37 Å². The Morgan fingerprint density at radius 2 is 1.83 bits per heavy atom. The Bertz CT molecular complexity index is 1030. The molecule has 2 heterocycles. The van der Waals surface area contributed by atoms with E-state index in [1.807, 2.05) is 18.2 Å². The second-order valence-electron chi connectivity index (χ2n) is 7.17. The van der Waals surface area contributed by atoms with Gasteiger partial charge in [-0.2, -0.15) is 4.98 Å². The molecule has 29 heavy (non-hydrogen) atoms. The summed E-state index contributed by atoms with van der Waals surface area (Å²) >= 11 is 0. The third-order valence-corrected chi connectivity index (χ3v) is 5.20. The zero-order valence-corrected chi connectivity index (χ0v) is 15.8. The number of likely N-dealkylation sites (tertiary alicyclic amines) is 1. The summed E-state index contributed by atoms with van der Waals surface area (Å²) in [6.45, 7) is 1.80. The van der Waals surface area contributed by atoms with E-state index in [-0.39, 0.29) is 17.7 Å². The fourth-order valence-electron chi connectivity index (χ4n) is 3.60. The van der Waals surface area contributed by atoms with Gasteiger partial charge >= 0.3 is 0 Å². The average Bonchev–Trinajstić information content (AvgIpc) is 2.72. The van der Waals surface area contributed by atoms with Crippen LogP contribution in [-0.4, -0.2) is 40.5 Å². The number of aromatic nitrogens is 2. The van der Waals surface area contributed by atoms with Crippen molar-refractivity contribution >= 4 is 28.6 Å². The molecule has 0 atom stereocenters. The molecule has 1 fully saturated rings. The molecule has 0 bridgehead atoms. The van der Waals surface area contributed by atoms with E-state index in [1.165, 1.54) is 24.3 Å². The maximum Gasteiger partial charge on any atom is 0.253 e. The van der Waals surface area contributed by atoms with Crippen LogP contribution >= 0.6 is 0 Å². The molecule has 3 aromatic rings. The normalized spacial score (nSPS) is 14.9. The molecule has 150 valence electrons. The monoisotopic (exact) mass is 395 g/mol. The molecular weight excluding hydrogens is 373 g/mol. The van der Waals surface area contributed by atoms with Gasteiger partial charge in [-0.1, -0.05) is 6.07 Å². The van der Waals surface area contributed by atoms with Gasteiger partial charge in [0.1, 0.15) is 17.4 Å². The van der Waals surface area contributed by atoms with Gasteiger partial charge in [0.25, 0.3) is 5.91 Å². The quantitative estimate of drug-likeness (QED) is 0.703. The van der Waals surface area contributed by atoms with Crippen molar-refractivity contribution in [3.63, 3.8) is 0 Å². The summed E-state index contributed by atoms with van der Waals surface area (Å²) in [4.78, 5) is 22.6. The molecule has 4 rings (SSSR count). The number of carbonyl (C=O) groups excluding carboxylic acids is 1. The number of nitrogens with zero attached hydrogens (tertiary/aromatic N) is 3. The lowest BCUT2D eigenvalue weighted by Crippen LogP contribution is -2.39. The van der Waals surface area contributed by atoms with Crippen LogP contribution in [0.5, 0.6) is 5.75 Å². The largest absolute Gasteiger partial charge is 0.492 e. The Labute approximate surface area is 167 Å². The van der Waals surface area contributed by atoms with Crippen LogP contribution in [0.1, 0.15) is 23.2 Å². The van der Waals surface area contributed by atoms with Gasteiger partial charge in [0, 0.05) is 18.7 Å². The SMILES string of the molecule is Nc1nc(N)c2c(OCC3CCN(C(=O)c4ccc(F)cc4)CC3)cccc2n1. The van der Waals surface area contributed by atoms with E-state index in [4.69, 9.17) is 16.2 Å². The number of anilines is 2. The Hall–Kier alpha value is -3.42. The minimum absolute atomic E-state index is 0.0686. The number of fused-ring (bicyclic) bond motifs is 1. The van der Waals surface area contributed by atoms with Crippen molar-refractivity contribution in [2.75, 3.05) is 31.2 Å². The number of carbonyl (C=O) groups is 1. The number of amides is 1. The minimum atomic E-state index is -0.348.